The van der Waals surface area contributed by atoms with Crippen LogP contribution in [0, 0.1) is 10.1 Å². The van der Waals surface area contributed by atoms with Crippen molar-refractivity contribution in [2.24, 2.45) is 4.99 Å². The maximum atomic E-state index is 12.3. The summed E-state index contributed by atoms with van der Waals surface area (Å²) in [6.45, 7) is 0. The molecule has 1 fully saturated rings. The van der Waals surface area contributed by atoms with Crippen molar-refractivity contribution in [1.29, 1.82) is 0 Å². The van der Waals surface area contributed by atoms with Gasteiger partial charge in [0.15, 0.2) is 5.17 Å². The Morgan fingerprint density at radius 1 is 1.13 bits per heavy atom. The number of para-hydroxylation sites is 1. The number of aliphatic imine (C=N–C) groups is 1. The number of halogens is 2. The number of benzene rings is 2. The zero-order valence-electron chi connectivity index (χ0n) is 15.0. The Labute approximate surface area is 184 Å². The van der Waals surface area contributed by atoms with E-state index in [1.54, 1.807) is 48.5 Å². The van der Waals surface area contributed by atoms with Crippen molar-refractivity contribution in [3.63, 3.8) is 0 Å². The molecule has 1 saturated heterocycles. The SMILES string of the molecule is O=C1NC(=Nc2ccccc2Cl)S/C1=C/c1ccc(-c2ccc(Cl)cc2[N+](=O)[O-])o1. The number of nitrogens with zero attached hydrogens (tertiary/aromatic N) is 2. The summed E-state index contributed by atoms with van der Waals surface area (Å²) in [7, 11) is 0. The molecular formula is C20H11Cl2N3O4S. The summed E-state index contributed by atoms with van der Waals surface area (Å²) in [6, 6.07) is 14.6. The third-order valence-electron chi connectivity index (χ3n) is 4.05. The molecule has 1 N–H and O–H groups in total. The van der Waals surface area contributed by atoms with Crippen molar-refractivity contribution in [1.82, 2.24) is 5.32 Å². The summed E-state index contributed by atoms with van der Waals surface area (Å²) in [5.74, 6) is 0.325. The molecule has 30 heavy (non-hydrogen) atoms. The molecule has 3 aromatic rings. The van der Waals surface area contributed by atoms with Gasteiger partial charge in [-0.2, -0.15) is 0 Å². The predicted octanol–water partition coefficient (Wildman–Crippen LogP) is 6.05. The second kappa shape index (κ2) is 8.35. The molecule has 10 heteroatoms. The smallest absolute Gasteiger partial charge is 0.281 e. The Balaban J connectivity index is 1.60. The van der Waals surface area contributed by atoms with Gasteiger partial charge in [0.25, 0.3) is 11.6 Å². The first-order valence-electron chi connectivity index (χ1n) is 8.49. The molecule has 0 saturated carbocycles. The molecule has 0 spiro atoms. The number of nitro groups is 1. The van der Waals surface area contributed by atoms with E-state index in [1.165, 1.54) is 12.1 Å². The lowest BCUT2D eigenvalue weighted by Crippen LogP contribution is -2.19. The Hall–Kier alpha value is -3.07. The van der Waals surface area contributed by atoms with E-state index in [0.717, 1.165) is 11.8 Å². The highest BCUT2D eigenvalue weighted by Gasteiger charge is 2.25. The summed E-state index contributed by atoms with van der Waals surface area (Å²) in [5.41, 5.74) is 0.662. The monoisotopic (exact) mass is 459 g/mol. The van der Waals surface area contributed by atoms with Crippen LogP contribution in [0.5, 0.6) is 0 Å². The fourth-order valence-electron chi connectivity index (χ4n) is 2.70. The largest absolute Gasteiger partial charge is 0.456 e. The lowest BCUT2D eigenvalue weighted by atomic mass is 10.1. The third-order valence-corrected chi connectivity index (χ3v) is 5.51. The number of thioether (sulfide) groups is 1. The zero-order chi connectivity index (χ0) is 21.3. The van der Waals surface area contributed by atoms with Gasteiger partial charge in [-0.05, 0) is 48.2 Å². The number of nitro benzene ring substituents is 1. The number of carbonyl (C=O) groups excluding carboxylic acids is 1. The molecule has 4 rings (SSSR count). The highest BCUT2D eigenvalue weighted by Crippen LogP contribution is 2.35. The molecule has 0 radical (unpaired) electrons. The van der Waals surface area contributed by atoms with Crippen molar-refractivity contribution in [3.8, 4) is 11.3 Å². The molecule has 2 heterocycles. The van der Waals surface area contributed by atoms with E-state index in [-0.39, 0.29) is 16.6 Å². The summed E-state index contributed by atoms with van der Waals surface area (Å²) < 4.78 is 5.71. The molecule has 0 aliphatic carbocycles. The fourth-order valence-corrected chi connectivity index (χ4v) is 3.86. The Bertz CT molecular complexity index is 1240. The quantitative estimate of drug-likeness (QED) is 0.290. The van der Waals surface area contributed by atoms with Gasteiger partial charge in [0, 0.05) is 17.2 Å². The van der Waals surface area contributed by atoms with Crippen molar-refractivity contribution < 1.29 is 14.1 Å². The van der Waals surface area contributed by atoms with Crippen molar-refractivity contribution in [2.45, 2.75) is 0 Å². The van der Waals surface area contributed by atoms with E-state index in [9.17, 15) is 14.9 Å². The zero-order valence-corrected chi connectivity index (χ0v) is 17.3. The lowest BCUT2D eigenvalue weighted by molar-refractivity contribution is -0.384. The van der Waals surface area contributed by atoms with Crippen molar-refractivity contribution in [3.05, 3.63) is 85.4 Å². The molecule has 0 atom stereocenters. The highest BCUT2D eigenvalue weighted by atomic mass is 35.5. The minimum Gasteiger partial charge on any atom is -0.456 e. The fraction of sp³-hybridized carbons (Fsp3) is 0. The normalized spacial score (nSPS) is 16.3. The first-order chi connectivity index (χ1) is 14.4. The molecule has 150 valence electrons. The van der Waals surface area contributed by atoms with Crippen molar-refractivity contribution in [2.75, 3.05) is 0 Å². The van der Waals surface area contributed by atoms with Crippen LogP contribution in [0.2, 0.25) is 10.0 Å². The Morgan fingerprint density at radius 3 is 2.70 bits per heavy atom. The van der Waals surface area contributed by atoms with Gasteiger partial charge >= 0.3 is 0 Å². The van der Waals surface area contributed by atoms with Gasteiger partial charge in [0.1, 0.15) is 11.5 Å². The molecule has 1 aliphatic heterocycles. The summed E-state index contributed by atoms with van der Waals surface area (Å²) in [4.78, 5) is 27.8. The summed E-state index contributed by atoms with van der Waals surface area (Å²) in [6.07, 6.45) is 1.54. The van der Waals surface area contributed by atoms with E-state index in [2.05, 4.69) is 10.3 Å². The Morgan fingerprint density at radius 2 is 1.93 bits per heavy atom. The van der Waals surface area contributed by atoms with E-state index in [4.69, 9.17) is 27.6 Å². The van der Waals surface area contributed by atoms with E-state index in [1.807, 2.05) is 0 Å². The molecule has 7 nitrogen and oxygen atoms in total. The third kappa shape index (κ3) is 4.25. The molecule has 1 amide bonds. The van der Waals surface area contributed by atoms with Crippen molar-refractivity contribution >= 4 is 63.5 Å². The molecule has 0 unspecified atom stereocenters. The second-order valence-electron chi connectivity index (χ2n) is 6.05. The standard InChI is InChI=1S/C20H11Cl2N3O4S/c21-11-5-7-13(16(9-11)25(27)28)17-8-6-12(29-17)10-18-19(26)24-20(30-18)23-15-4-2-1-3-14(15)22/h1-10H,(H,23,24,26)/b18-10+. The topological polar surface area (TPSA) is 97.7 Å². The van der Waals surface area contributed by atoms with Crippen LogP contribution in [0.25, 0.3) is 17.4 Å². The van der Waals surface area contributed by atoms with Crippen LogP contribution in [0.15, 0.2) is 68.9 Å². The van der Waals surface area contributed by atoms with Crippen LogP contribution >= 0.6 is 35.0 Å². The highest BCUT2D eigenvalue weighted by molar-refractivity contribution is 8.18. The second-order valence-corrected chi connectivity index (χ2v) is 7.93. The number of amidine groups is 1. The van der Waals surface area contributed by atoms with Gasteiger partial charge in [-0.15, -0.1) is 0 Å². The molecule has 1 aromatic heterocycles. The molecule has 0 bridgehead atoms. The van der Waals surface area contributed by atoms with Gasteiger partial charge in [0.2, 0.25) is 0 Å². The number of hydrogen-bond acceptors (Lipinski definition) is 6. The first-order valence-corrected chi connectivity index (χ1v) is 10.1. The van der Waals surface area contributed by atoms with E-state index in [0.29, 0.717) is 37.9 Å². The van der Waals surface area contributed by atoms with Gasteiger partial charge in [0.05, 0.1) is 26.1 Å². The van der Waals surface area contributed by atoms with Gasteiger partial charge < -0.3 is 9.73 Å². The number of furan rings is 1. The maximum absolute atomic E-state index is 12.3. The molecular weight excluding hydrogens is 449 g/mol. The van der Waals surface area contributed by atoms with Crippen LogP contribution in [0.3, 0.4) is 0 Å². The molecule has 2 aromatic carbocycles. The van der Waals surface area contributed by atoms with Crippen LogP contribution in [-0.4, -0.2) is 16.0 Å². The first kappa shape index (κ1) is 20.2. The van der Waals surface area contributed by atoms with Crippen LogP contribution in [0.4, 0.5) is 11.4 Å². The van der Waals surface area contributed by atoms with Crippen LogP contribution in [0.1, 0.15) is 5.76 Å². The Kier molecular flexibility index (Phi) is 5.63. The van der Waals surface area contributed by atoms with Gasteiger partial charge in [-0.1, -0.05) is 35.3 Å². The van der Waals surface area contributed by atoms with E-state index >= 15 is 0 Å². The number of rotatable bonds is 4. The van der Waals surface area contributed by atoms with Gasteiger partial charge in [-0.3, -0.25) is 14.9 Å². The summed E-state index contributed by atoms with van der Waals surface area (Å²) >= 11 is 13.1. The van der Waals surface area contributed by atoms with Gasteiger partial charge in [-0.25, -0.2) is 4.99 Å². The number of hydrogen-bond donors (Lipinski definition) is 1. The number of amides is 1. The van der Waals surface area contributed by atoms with Crippen LogP contribution < -0.4 is 5.32 Å². The maximum Gasteiger partial charge on any atom is 0.281 e. The average Bonchev–Trinajstić information content (AvgIpc) is 3.30. The predicted molar refractivity (Wildman–Crippen MR) is 118 cm³/mol. The minimum absolute atomic E-state index is 0.168. The van der Waals surface area contributed by atoms with E-state index < -0.39 is 4.92 Å². The summed E-state index contributed by atoms with van der Waals surface area (Å²) in [5, 5.41) is 15.1. The average molecular weight is 460 g/mol. The number of carbonyl (C=O) groups is 1. The van der Waals surface area contributed by atoms with Crippen LogP contribution in [-0.2, 0) is 4.79 Å². The number of nitrogens with one attached hydrogen (secondary N) is 1. The lowest BCUT2D eigenvalue weighted by Gasteiger charge is -2.00. The molecule has 1 aliphatic rings. The minimum atomic E-state index is -0.528.